The van der Waals surface area contributed by atoms with Gasteiger partial charge in [-0.2, -0.15) is 0 Å². The molecule has 2 rings (SSSR count). The van der Waals surface area contributed by atoms with E-state index in [2.05, 4.69) is 0 Å². The number of hydrogen-bond donors (Lipinski definition) is 0. The van der Waals surface area contributed by atoms with Crippen LogP contribution in [-0.2, 0) is 4.74 Å². The van der Waals surface area contributed by atoms with Gasteiger partial charge in [0.15, 0.2) is 0 Å². The lowest BCUT2D eigenvalue weighted by Crippen LogP contribution is -2.18. The SMILES string of the molecule is CC1=C(F)C2CCC(C1)O2. The molecule has 1 saturated heterocycles. The Hall–Kier alpha value is -0.370. The fraction of sp³-hybridized carbons (Fsp3) is 0.750. The van der Waals surface area contributed by atoms with Crippen LogP contribution in [0, 0.1) is 0 Å². The van der Waals surface area contributed by atoms with E-state index in [1.807, 2.05) is 6.92 Å². The molecular formula is C8H11FO. The first kappa shape index (κ1) is 6.35. The van der Waals surface area contributed by atoms with Crippen molar-refractivity contribution < 1.29 is 9.13 Å². The summed E-state index contributed by atoms with van der Waals surface area (Å²) in [6.45, 7) is 1.86. The number of halogens is 1. The second-order valence-electron chi connectivity index (χ2n) is 3.16. The van der Waals surface area contributed by atoms with Crippen LogP contribution in [0.2, 0.25) is 0 Å². The van der Waals surface area contributed by atoms with E-state index in [0.717, 1.165) is 24.8 Å². The van der Waals surface area contributed by atoms with E-state index in [1.54, 1.807) is 0 Å². The second kappa shape index (κ2) is 2.06. The molecule has 2 heterocycles. The summed E-state index contributed by atoms with van der Waals surface area (Å²) in [6.07, 6.45) is 2.87. The zero-order valence-electron chi connectivity index (χ0n) is 6.06. The molecule has 2 unspecified atom stereocenters. The lowest BCUT2D eigenvalue weighted by Gasteiger charge is -2.19. The molecule has 0 aliphatic carbocycles. The summed E-state index contributed by atoms with van der Waals surface area (Å²) in [5.41, 5.74) is 0.902. The minimum absolute atomic E-state index is 0.00579. The third-order valence-corrected chi connectivity index (χ3v) is 2.33. The van der Waals surface area contributed by atoms with E-state index < -0.39 is 0 Å². The van der Waals surface area contributed by atoms with Crippen molar-refractivity contribution in [3.8, 4) is 0 Å². The molecule has 0 N–H and O–H groups in total. The van der Waals surface area contributed by atoms with Gasteiger partial charge in [-0.3, -0.25) is 0 Å². The van der Waals surface area contributed by atoms with Crippen LogP contribution in [-0.4, -0.2) is 12.2 Å². The maximum Gasteiger partial charge on any atom is 0.128 e. The Morgan fingerprint density at radius 3 is 3.10 bits per heavy atom. The summed E-state index contributed by atoms with van der Waals surface area (Å²) in [5.74, 6) is -0.00579. The zero-order valence-corrected chi connectivity index (χ0v) is 6.06. The van der Waals surface area contributed by atoms with Crippen LogP contribution in [0.15, 0.2) is 11.4 Å². The van der Waals surface area contributed by atoms with Gasteiger partial charge in [0, 0.05) is 0 Å². The molecule has 0 spiro atoms. The molecule has 10 heavy (non-hydrogen) atoms. The molecule has 2 atom stereocenters. The number of hydrogen-bond acceptors (Lipinski definition) is 1. The van der Waals surface area contributed by atoms with E-state index >= 15 is 0 Å². The summed E-state index contributed by atoms with van der Waals surface area (Å²) in [4.78, 5) is 0. The molecule has 2 aliphatic rings. The Morgan fingerprint density at radius 2 is 2.30 bits per heavy atom. The van der Waals surface area contributed by atoms with Crippen molar-refractivity contribution in [3.63, 3.8) is 0 Å². The van der Waals surface area contributed by atoms with Gasteiger partial charge in [-0.15, -0.1) is 0 Å². The predicted octanol–water partition coefficient (Wildman–Crippen LogP) is 2.18. The fourth-order valence-corrected chi connectivity index (χ4v) is 1.76. The van der Waals surface area contributed by atoms with Crippen LogP contribution in [0.5, 0.6) is 0 Å². The first-order chi connectivity index (χ1) is 4.77. The summed E-state index contributed by atoms with van der Waals surface area (Å²) in [6, 6.07) is 0. The average molecular weight is 142 g/mol. The van der Waals surface area contributed by atoms with Crippen LogP contribution in [0.3, 0.4) is 0 Å². The van der Waals surface area contributed by atoms with Crippen LogP contribution in [0.4, 0.5) is 4.39 Å². The van der Waals surface area contributed by atoms with E-state index in [1.165, 1.54) is 0 Å². The second-order valence-corrected chi connectivity index (χ2v) is 3.16. The smallest absolute Gasteiger partial charge is 0.128 e. The summed E-state index contributed by atoms with van der Waals surface area (Å²) < 4.78 is 18.4. The Morgan fingerprint density at radius 1 is 1.50 bits per heavy atom. The molecular weight excluding hydrogens is 131 g/mol. The molecule has 0 aromatic heterocycles. The lowest BCUT2D eigenvalue weighted by atomic mass is 10.1. The van der Waals surface area contributed by atoms with Gasteiger partial charge >= 0.3 is 0 Å². The average Bonchev–Trinajstić information content (AvgIpc) is 2.29. The molecule has 2 heteroatoms. The minimum Gasteiger partial charge on any atom is -0.368 e. The molecule has 0 amide bonds. The van der Waals surface area contributed by atoms with Gasteiger partial charge in [-0.05, 0) is 31.8 Å². The molecule has 1 fully saturated rings. The van der Waals surface area contributed by atoms with E-state index in [4.69, 9.17) is 4.74 Å². The van der Waals surface area contributed by atoms with Crippen LogP contribution >= 0.6 is 0 Å². The first-order valence-corrected chi connectivity index (χ1v) is 3.78. The Labute approximate surface area is 59.9 Å². The van der Waals surface area contributed by atoms with Gasteiger partial charge in [0.05, 0.1) is 6.10 Å². The highest BCUT2D eigenvalue weighted by Gasteiger charge is 2.34. The van der Waals surface area contributed by atoms with Gasteiger partial charge < -0.3 is 4.74 Å². The third-order valence-electron chi connectivity index (χ3n) is 2.33. The highest BCUT2D eigenvalue weighted by molar-refractivity contribution is 5.16. The van der Waals surface area contributed by atoms with Gasteiger partial charge in [0.1, 0.15) is 11.9 Å². The Kier molecular flexibility index (Phi) is 1.31. The maximum atomic E-state index is 13.0. The summed E-state index contributed by atoms with van der Waals surface area (Å²) in [5, 5.41) is 0. The normalized spacial score (nSPS) is 39.0. The number of ether oxygens (including phenoxy) is 1. The highest BCUT2D eigenvalue weighted by Crippen LogP contribution is 2.36. The fourth-order valence-electron chi connectivity index (χ4n) is 1.76. The third kappa shape index (κ3) is 0.788. The van der Waals surface area contributed by atoms with E-state index in [9.17, 15) is 4.39 Å². The Balaban J connectivity index is 2.28. The van der Waals surface area contributed by atoms with E-state index in [-0.39, 0.29) is 11.9 Å². The van der Waals surface area contributed by atoms with Gasteiger partial charge in [-0.25, -0.2) is 4.39 Å². The van der Waals surface area contributed by atoms with Gasteiger partial charge in [-0.1, -0.05) is 0 Å². The van der Waals surface area contributed by atoms with Crippen LogP contribution in [0.1, 0.15) is 26.2 Å². The first-order valence-electron chi connectivity index (χ1n) is 3.78. The molecule has 0 saturated carbocycles. The predicted molar refractivity (Wildman–Crippen MR) is 36.3 cm³/mol. The monoisotopic (exact) mass is 142 g/mol. The van der Waals surface area contributed by atoms with Crippen molar-refractivity contribution in [2.75, 3.05) is 0 Å². The number of rotatable bonds is 0. The topological polar surface area (TPSA) is 9.23 Å². The van der Waals surface area contributed by atoms with Crippen molar-refractivity contribution in [1.82, 2.24) is 0 Å². The molecule has 56 valence electrons. The standard InChI is InChI=1S/C8H11FO/c1-5-4-6-2-3-7(10-6)8(5)9/h6-7H,2-4H2,1H3. The summed E-state index contributed by atoms with van der Waals surface area (Å²) >= 11 is 0. The Bertz CT molecular complexity index is 186. The number of fused-ring (bicyclic) bond motifs is 2. The van der Waals surface area contributed by atoms with Gasteiger partial charge in [0.2, 0.25) is 0 Å². The summed E-state index contributed by atoms with van der Waals surface area (Å²) in [7, 11) is 0. The van der Waals surface area contributed by atoms with Crippen molar-refractivity contribution >= 4 is 0 Å². The van der Waals surface area contributed by atoms with Crippen LogP contribution in [0.25, 0.3) is 0 Å². The molecule has 0 aromatic rings. The largest absolute Gasteiger partial charge is 0.368 e. The molecule has 0 aromatic carbocycles. The lowest BCUT2D eigenvalue weighted by molar-refractivity contribution is 0.0387. The quantitative estimate of drug-likeness (QED) is 0.503. The maximum absolute atomic E-state index is 13.0. The molecule has 2 aliphatic heterocycles. The van der Waals surface area contributed by atoms with Crippen molar-refractivity contribution in [1.29, 1.82) is 0 Å². The molecule has 0 radical (unpaired) electrons. The molecule has 1 nitrogen and oxygen atoms in total. The van der Waals surface area contributed by atoms with Crippen molar-refractivity contribution in [2.24, 2.45) is 0 Å². The van der Waals surface area contributed by atoms with Crippen molar-refractivity contribution in [2.45, 2.75) is 38.4 Å². The highest BCUT2D eigenvalue weighted by atomic mass is 19.1. The molecule has 2 bridgehead atoms. The van der Waals surface area contributed by atoms with E-state index in [0.29, 0.717) is 6.10 Å². The zero-order chi connectivity index (χ0) is 7.14. The minimum atomic E-state index is -0.182. The van der Waals surface area contributed by atoms with Crippen molar-refractivity contribution in [3.05, 3.63) is 11.4 Å². The van der Waals surface area contributed by atoms with Crippen LogP contribution < -0.4 is 0 Å². The van der Waals surface area contributed by atoms with Gasteiger partial charge in [0.25, 0.3) is 0 Å².